The van der Waals surface area contributed by atoms with Crippen molar-refractivity contribution >= 4 is 0 Å². The molecular formula is C30H56O11. The lowest BCUT2D eigenvalue weighted by Gasteiger charge is -2.40. The van der Waals surface area contributed by atoms with Crippen molar-refractivity contribution in [3.05, 3.63) is 0 Å². The minimum absolute atomic E-state index is 0.125. The van der Waals surface area contributed by atoms with Gasteiger partial charge < -0.3 is 52.5 Å². The molecule has 41 heavy (non-hydrogen) atoms. The largest absolute Gasteiger partial charge is 0.388 e. The molecule has 1 N–H and O–H groups in total. The maximum atomic E-state index is 10.4. The first-order chi connectivity index (χ1) is 20.0. The van der Waals surface area contributed by atoms with Crippen LogP contribution in [0.3, 0.4) is 0 Å². The highest BCUT2D eigenvalue weighted by atomic mass is 16.6. The Morgan fingerprint density at radius 3 is 1.17 bits per heavy atom. The van der Waals surface area contributed by atoms with Crippen LogP contribution in [-0.2, 0) is 47.4 Å². The molecule has 3 heterocycles. The second kappa shape index (κ2) is 19.1. The fourth-order valence-corrected chi connectivity index (χ4v) is 4.65. The van der Waals surface area contributed by atoms with Crippen molar-refractivity contribution < 1.29 is 52.5 Å². The molecule has 0 bridgehead atoms. The monoisotopic (exact) mass is 592 g/mol. The molecule has 3 saturated heterocycles. The lowest BCUT2D eigenvalue weighted by molar-refractivity contribution is -0.157. The molecule has 3 fully saturated rings. The Hall–Kier alpha value is -0.440. The zero-order chi connectivity index (χ0) is 29.3. The van der Waals surface area contributed by atoms with Crippen molar-refractivity contribution in [1.82, 2.24) is 0 Å². The van der Waals surface area contributed by atoms with E-state index >= 15 is 0 Å². The second-order valence-electron chi connectivity index (χ2n) is 12.0. The van der Waals surface area contributed by atoms with E-state index in [0.29, 0.717) is 72.7 Å². The number of ether oxygens (including phenoxy) is 10. The average Bonchev–Trinajstić information content (AvgIpc) is 2.91. The number of rotatable bonds is 27. The van der Waals surface area contributed by atoms with E-state index in [2.05, 4.69) is 20.8 Å². The molecule has 0 aromatic rings. The van der Waals surface area contributed by atoms with E-state index in [4.69, 9.17) is 47.4 Å². The highest BCUT2D eigenvalue weighted by molar-refractivity contribution is 4.85. The molecule has 0 amide bonds. The molecule has 0 aromatic heterocycles. The normalized spacial score (nSPS) is 21.3. The summed E-state index contributed by atoms with van der Waals surface area (Å²) in [6.45, 7) is 17.0. The summed E-state index contributed by atoms with van der Waals surface area (Å²) in [6, 6.07) is 0. The Morgan fingerprint density at radius 2 is 0.854 bits per heavy atom. The fraction of sp³-hybridized carbons (Fsp3) is 1.00. The first-order valence-corrected chi connectivity index (χ1v) is 15.5. The molecular weight excluding hydrogens is 536 g/mol. The number of hydrogen-bond donors (Lipinski definition) is 1. The molecule has 3 aliphatic rings. The number of aliphatic hydroxyl groups is 1. The van der Waals surface area contributed by atoms with Gasteiger partial charge in [-0.1, -0.05) is 20.8 Å². The van der Waals surface area contributed by atoms with Crippen molar-refractivity contribution in [2.45, 2.75) is 52.2 Å². The van der Waals surface area contributed by atoms with Gasteiger partial charge in [-0.15, -0.1) is 0 Å². The van der Waals surface area contributed by atoms with Crippen LogP contribution in [-0.4, -0.2) is 143 Å². The van der Waals surface area contributed by atoms with Gasteiger partial charge in [-0.25, -0.2) is 0 Å². The van der Waals surface area contributed by atoms with E-state index in [9.17, 15) is 5.11 Å². The van der Waals surface area contributed by atoms with Gasteiger partial charge in [0.25, 0.3) is 0 Å². The van der Waals surface area contributed by atoms with Crippen molar-refractivity contribution in [3.8, 4) is 0 Å². The summed E-state index contributed by atoms with van der Waals surface area (Å²) in [5, 5.41) is 10.4. The van der Waals surface area contributed by atoms with Crippen LogP contribution in [0.15, 0.2) is 0 Å². The minimum Gasteiger partial charge on any atom is -0.388 e. The molecule has 1 atom stereocenters. The highest BCUT2D eigenvalue weighted by Gasteiger charge is 2.38. The second-order valence-corrected chi connectivity index (χ2v) is 12.0. The van der Waals surface area contributed by atoms with E-state index < -0.39 is 6.10 Å². The van der Waals surface area contributed by atoms with Gasteiger partial charge >= 0.3 is 0 Å². The van der Waals surface area contributed by atoms with Crippen LogP contribution in [0.2, 0.25) is 0 Å². The molecule has 3 rings (SSSR count). The summed E-state index contributed by atoms with van der Waals surface area (Å²) >= 11 is 0. The zero-order valence-corrected chi connectivity index (χ0v) is 25.7. The van der Waals surface area contributed by atoms with Gasteiger partial charge in [0.15, 0.2) is 0 Å². The van der Waals surface area contributed by atoms with Crippen LogP contribution in [0.1, 0.15) is 40.0 Å². The molecule has 0 radical (unpaired) electrons. The summed E-state index contributed by atoms with van der Waals surface area (Å²) in [5.74, 6) is 0. The summed E-state index contributed by atoms with van der Waals surface area (Å²) in [6.07, 6.45) is 2.06. The van der Waals surface area contributed by atoms with Crippen molar-refractivity contribution in [2.75, 3.05) is 126 Å². The van der Waals surface area contributed by atoms with Crippen LogP contribution in [0.5, 0.6) is 0 Å². The minimum atomic E-state index is -0.754. The Balaban J connectivity index is 1.25. The summed E-state index contributed by atoms with van der Waals surface area (Å²) in [7, 11) is 0. The first-order valence-electron chi connectivity index (χ1n) is 15.5. The van der Waals surface area contributed by atoms with Crippen LogP contribution >= 0.6 is 0 Å². The maximum absolute atomic E-state index is 10.4. The molecule has 0 spiro atoms. The third-order valence-electron chi connectivity index (χ3n) is 8.48. The Kier molecular flexibility index (Phi) is 16.3. The third kappa shape index (κ3) is 12.2. The Morgan fingerprint density at radius 1 is 0.512 bits per heavy atom. The standard InChI is InChI=1S/C30H56O11/c1-4-28(20-38-21-28)17-35-10-7-32-13-26(31)14-41-27(15-33-8-11-36-18-29(5-2)22-39-23-29)16-34-9-12-37-19-30(6-3)24-40-25-30/h26-27,31H,4-25H2,1-3H3. The average molecular weight is 593 g/mol. The lowest BCUT2D eigenvalue weighted by atomic mass is 9.84. The van der Waals surface area contributed by atoms with Crippen molar-refractivity contribution in [1.29, 1.82) is 0 Å². The summed E-state index contributed by atoms with van der Waals surface area (Å²) in [5.41, 5.74) is 0.492. The number of hydrogen-bond acceptors (Lipinski definition) is 11. The lowest BCUT2D eigenvalue weighted by Crippen LogP contribution is -2.46. The predicted octanol–water partition coefficient (Wildman–Crippen LogP) is 2.11. The fourth-order valence-electron chi connectivity index (χ4n) is 4.65. The van der Waals surface area contributed by atoms with E-state index in [0.717, 1.165) is 58.9 Å². The van der Waals surface area contributed by atoms with E-state index in [1.807, 2.05) is 0 Å². The molecule has 0 saturated carbocycles. The van der Waals surface area contributed by atoms with E-state index in [1.165, 1.54) is 0 Å². The van der Waals surface area contributed by atoms with Gasteiger partial charge in [0.1, 0.15) is 12.2 Å². The topological polar surface area (TPSA) is 113 Å². The van der Waals surface area contributed by atoms with Gasteiger partial charge in [0.2, 0.25) is 0 Å². The van der Waals surface area contributed by atoms with Gasteiger partial charge in [0.05, 0.1) is 126 Å². The van der Waals surface area contributed by atoms with E-state index in [-0.39, 0.29) is 35.6 Å². The van der Waals surface area contributed by atoms with Crippen molar-refractivity contribution in [2.24, 2.45) is 16.2 Å². The molecule has 0 aromatic carbocycles. The van der Waals surface area contributed by atoms with Gasteiger partial charge in [0, 0.05) is 16.2 Å². The molecule has 0 aliphatic carbocycles. The van der Waals surface area contributed by atoms with Crippen LogP contribution in [0, 0.1) is 16.2 Å². The summed E-state index contributed by atoms with van der Waals surface area (Å²) < 4.78 is 56.5. The third-order valence-corrected chi connectivity index (χ3v) is 8.48. The molecule has 11 nitrogen and oxygen atoms in total. The zero-order valence-electron chi connectivity index (χ0n) is 25.7. The predicted molar refractivity (Wildman–Crippen MR) is 151 cm³/mol. The summed E-state index contributed by atoms with van der Waals surface area (Å²) in [4.78, 5) is 0. The molecule has 11 heteroatoms. The number of aliphatic hydroxyl groups excluding tert-OH is 1. The Bertz CT molecular complexity index is 616. The van der Waals surface area contributed by atoms with Crippen LogP contribution < -0.4 is 0 Å². The van der Waals surface area contributed by atoms with Gasteiger partial charge in [-0.05, 0) is 19.3 Å². The highest BCUT2D eigenvalue weighted by Crippen LogP contribution is 2.32. The quantitative estimate of drug-likeness (QED) is 0.142. The smallest absolute Gasteiger partial charge is 0.104 e. The SMILES string of the molecule is CCC1(COCCOCC(O)COC(COCCOCC2(CC)COC2)COCCOCC2(CC)COC2)COC1. The van der Waals surface area contributed by atoms with Crippen molar-refractivity contribution in [3.63, 3.8) is 0 Å². The molecule has 242 valence electrons. The molecule has 1 unspecified atom stereocenters. The first kappa shape index (κ1) is 35.0. The van der Waals surface area contributed by atoms with Gasteiger partial charge in [-0.3, -0.25) is 0 Å². The Labute approximate surface area is 246 Å². The maximum Gasteiger partial charge on any atom is 0.104 e. The van der Waals surface area contributed by atoms with E-state index in [1.54, 1.807) is 0 Å². The van der Waals surface area contributed by atoms with Crippen LogP contribution in [0.4, 0.5) is 0 Å². The van der Waals surface area contributed by atoms with Crippen LogP contribution in [0.25, 0.3) is 0 Å². The molecule has 3 aliphatic heterocycles. The van der Waals surface area contributed by atoms with Gasteiger partial charge in [-0.2, -0.15) is 0 Å².